The van der Waals surface area contributed by atoms with Crippen molar-refractivity contribution in [3.05, 3.63) is 81.9 Å². The van der Waals surface area contributed by atoms with Crippen molar-refractivity contribution in [2.75, 3.05) is 0 Å². The van der Waals surface area contributed by atoms with Gasteiger partial charge in [-0.3, -0.25) is 0 Å². The summed E-state index contributed by atoms with van der Waals surface area (Å²) in [6.07, 6.45) is 0. The fourth-order valence-electron chi connectivity index (χ4n) is 2.14. The highest BCUT2D eigenvalue weighted by Gasteiger charge is 2.12. The highest BCUT2D eigenvalue weighted by Crippen LogP contribution is 2.34. The molecule has 1 aromatic heterocycles. The molecular formula is C18H13BrClNO. The van der Waals surface area contributed by atoms with Crippen LogP contribution < -0.4 is 4.74 Å². The van der Waals surface area contributed by atoms with Crippen molar-refractivity contribution in [1.29, 1.82) is 0 Å². The molecule has 0 atom stereocenters. The zero-order valence-electron chi connectivity index (χ0n) is 11.7. The standard InChI is InChI=1S/C18H13BrClNO/c19-16-9-5-4-8-14(16)15-10-11-17(20)21-18(15)22-12-13-6-2-1-3-7-13/h1-11H,12H2. The summed E-state index contributed by atoms with van der Waals surface area (Å²) in [6.45, 7) is 0.450. The molecule has 2 aromatic carbocycles. The molecule has 0 saturated carbocycles. The van der Waals surface area contributed by atoms with Crippen LogP contribution in [0.25, 0.3) is 11.1 Å². The molecule has 2 nitrogen and oxygen atoms in total. The Morgan fingerprint density at radius 1 is 0.864 bits per heavy atom. The Morgan fingerprint density at radius 2 is 1.59 bits per heavy atom. The van der Waals surface area contributed by atoms with E-state index >= 15 is 0 Å². The molecule has 0 fully saturated rings. The van der Waals surface area contributed by atoms with Crippen molar-refractivity contribution in [3.8, 4) is 17.0 Å². The molecule has 3 aromatic rings. The Bertz CT molecular complexity index is 777. The first-order valence-corrected chi connectivity index (χ1v) is 7.99. The fourth-order valence-corrected chi connectivity index (χ4v) is 2.78. The van der Waals surface area contributed by atoms with Gasteiger partial charge < -0.3 is 4.74 Å². The Balaban J connectivity index is 1.93. The topological polar surface area (TPSA) is 22.1 Å². The van der Waals surface area contributed by atoms with Gasteiger partial charge >= 0.3 is 0 Å². The molecule has 0 unspecified atom stereocenters. The molecule has 1 heterocycles. The number of aromatic nitrogens is 1. The van der Waals surface area contributed by atoms with Gasteiger partial charge in [0.2, 0.25) is 5.88 Å². The lowest BCUT2D eigenvalue weighted by Gasteiger charge is -2.12. The van der Waals surface area contributed by atoms with Crippen molar-refractivity contribution >= 4 is 27.5 Å². The second-order valence-electron chi connectivity index (χ2n) is 4.74. The van der Waals surface area contributed by atoms with Gasteiger partial charge in [-0.1, -0.05) is 76.1 Å². The van der Waals surface area contributed by atoms with Gasteiger partial charge in [-0.15, -0.1) is 0 Å². The van der Waals surface area contributed by atoms with Gasteiger partial charge in [-0.25, -0.2) is 4.98 Å². The number of hydrogen-bond acceptors (Lipinski definition) is 2. The molecule has 0 aliphatic carbocycles. The smallest absolute Gasteiger partial charge is 0.223 e. The van der Waals surface area contributed by atoms with Gasteiger partial charge in [0.25, 0.3) is 0 Å². The number of hydrogen-bond donors (Lipinski definition) is 0. The van der Waals surface area contributed by atoms with Crippen LogP contribution in [-0.4, -0.2) is 4.98 Å². The van der Waals surface area contributed by atoms with E-state index in [0.29, 0.717) is 17.6 Å². The summed E-state index contributed by atoms with van der Waals surface area (Å²) in [7, 11) is 0. The van der Waals surface area contributed by atoms with E-state index in [1.807, 2.05) is 60.7 Å². The Morgan fingerprint density at radius 3 is 2.36 bits per heavy atom. The van der Waals surface area contributed by atoms with Crippen molar-refractivity contribution in [2.24, 2.45) is 0 Å². The summed E-state index contributed by atoms with van der Waals surface area (Å²) in [5.74, 6) is 0.531. The highest BCUT2D eigenvalue weighted by molar-refractivity contribution is 9.10. The molecular weight excluding hydrogens is 362 g/mol. The Kier molecular flexibility index (Phi) is 4.76. The first-order valence-electron chi connectivity index (χ1n) is 6.82. The van der Waals surface area contributed by atoms with Crippen LogP contribution in [0.2, 0.25) is 5.15 Å². The molecule has 3 rings (SSSR count). The lowest BCUT2D eigenvalue weighted by Crippen LogP contribution is -1.99. The average Bonchev–Trinajstić information content (AvgIpc) is 2.55. The van der Waals surface area contributed by atoms with E-state index in [4.69, 9.17) is 16.3 Å². The second kappa shape index (κ2) is 6.95. The van der Waals surface area contributed by atoms with Gasteiger partial charge in [0.05, 0.1) is 0 Å². The number of pyridine rings is 1. The van der Waals surface area contributed by atoms with Gasteiger partial charge in [-0.05, 0) is 23.8 Å². The zero-order chi connectivity index (χ0) is 15.4. The minimum atomic E-state index is 0.416. The minimum Gasteiger partial charge on any atom is -0.472 e. The number of benzene rings is 2. The lowest BCUT2D eigenvalue weighted by molar-refractivity contribution is 0.295. The number of nitrogens with zero attached hydrogens (tertiary/aromatic N) is 1. The van der Waals surface area contributed by atoms with Crippen LogP contribution in [0.15, 0.2) is 71.2 Å². The number of halogens is 2. The third-order valence-corrected chi connectivity index (χ3v) is 4.11. The van der Waals surface area contributed by atoms with E-state index in [-0.39, 0.29) is 0 Å². The lowest BCUT2D eigenvalue weighted by atomic mass is 10.1. The van der Waals surface area contributed by atoms with Crippen LogP contribution in [0.5, 0.6) is 5.88 Å². The molecule has 0 saturated heterocycles. The SMILES string of the molecule is Clc1ccc(-c2ccccc2Br)c(OCc2ccccc2)n1. The second-order valence-corrected chi connectivity index (χ2v) is 5.98. The van der Waals surface area contributed by atoms with E-state index in [0.717, 1.165) is 21.2 Å². The molecule has 110 valence electrons. The maximum atomic E-state index is 6.02. The van der Waals surface area contributed by atoms with Crippen molar-refractivity contribution < 1.29 is 4.74 Å². The first-order chi connectivity index (χ1) is 10.7. The van der Waals surface area contributed by atoms with Crippen LogP contribution in [-0.2, 0) is 6.61 Å². The van der Waals surface area contributed by atoms with E-state index in [2.05, 4.69) is 20.9 Å². The molecule has 0 N–H and O–H groups in total. The van der Waals surface area contributed by atoms with Crippen LogP contribution in [0, 0.1) is 0 Å². The normalized spacial score (nSPS) is 10.5. The van der Waals surface area contributed by atoms with Crippen molar-refractivity contribution in [3.63, 3.8) is 0 Å². The van der Waals surface area contributed by atoms with Crippen molar-refractivity contribution in [2.45, 2.75) is 6.61 Å². The van der Waals surface area contributed by atoms with Gasteiger partial charge in [0, 0.05) is 15.6 Å². The zero-order valence-corrected chi connectivity index (χ0v) is 14.0. The monoisotopic (exact) mass is 373 g/mol. The van der Waals surface area contributed by atoms with E-state index in [1.54, 1.807) is 6.07 Å². The molecule has 0 amide bonds. The van der Waals surface area contributed by atoms with Gasteiger partial charge in [-0.2, -0.15) is 0 Å². The van der Waals surface area contributed by atoms with E-state index in [1.165, 1.54) is 0 Å². The molecule has 4 heteroatoms. The predicted molar refractivity (Wildman–Crippen MR) is 93.2 cm³/mol. The number of ether oxygens (including phenoxy) is 1. The molecule has 22 heavy (non-hydrogen) atoms. The predicted octanol–water partition coefficient (Wildman–Crippen LogP) is 5.74. The quantitative estimate of drug-likeness (QED) is 0.543. The molecule has 0 aliphatic heterocycles. The highest BCUT2D eigenvalue weighted by atomic mass is 79.9. The third kappa shape index (κ3) is 3.49. The van der Waals surface area contributed by atoms with Gasteiger partial charge in [0.15, 0.2) is 0 Å². The average molecular weight is 375 g/mol. The Labute approximate surface area is 142 Å². The summed E-state index contributed by atoms with van der Waals surface area (Å²) in [4.78, 5) is 4.33. The van der Waals surface area contributed by atoms with Crippen LogP contribution in [0.4, 0.5) is 0 Å². The largest absolute Gasteiger partial charge is 0.472 e. The van der Waals surface area contributed by atoms with Gasteiger partial charge in [0.1, 0.15) is 11.8 Å². The fraction of sp³-hybridized carbons (Fsp3) is 0.0556. The summed E-state index contributed by atoms with van der Waals surface area (Å²) in [5.41, 5.74) is 3.02. The molecule has 0 bridgehead atoms. The summed E-state index contributed by atoms with van der Waals surface area (Å²) in [5, 5.41) is 0.416. The maximum absolute atomic E-state index is 6.02. The van der Waals surface area contributed by atoms with E-state index in [9.17, 15) is 0 Å². The minimum absolute atomic E-state index is 0.416. The summed E-state index contributed by atoms with van der Waals surface area (Å²) < 4.78 is 6.89. The third-order valence-electron chi connectivity index (χ3n) is 3.21. The number of rotatable bonds is 4. The van der Waals surface area contributed by atoms with Crippen molar-refractivity contribution in [1.82, 2.24) is 4.98 Å². The summed E-state index contributed by atoms with van der Waals surface area (Å²) >= 11 is 9.59. The Hall–Kier alpha value is -1.84. The van der Waals surface area contributed by atoms with E-state index < -0.39 is 0 Å². The summed E-state index contributed by atoms with van der Waals surface area (Å²) in [6, 6.07) is 21.6. The maximum Gasteiger partial charge on any atom is 0.223 e. The molecule has 0 radical (unpaired) electrons. The van der Waals surface area contributed by atoms with Crippen LogP contribution >= 0.6 is 27.5 Å². The molecule has 0 spiro atoms. The molecule has 0 aliphatic rings. The van der Waals surface area contributed by atoms with Crippen LogP contribution in [0.3, 0.4) is 0 Å². The first kappa shape index (κ1) is 15.1. The van der Waals surface area contributed by atoms with Crippen LogP contribution in [0.1, 0.15) is 5.56 Å².